The van der Waals surface area contributed by atoms with Gasteiger partial charge in [-0.15, -0.1) is 24.0 Å². The standard InChI is InChI=1S/C14H26N6O.HI/c1-4-15-13(16-10-14(21)7-5-6-8-14)19(2)9-12-17-11-18-20(12)3;/h11,21H,4-10H2,1-3H3,(H,15,16);1H. The molecule has 0 aliphatic heterocycles. The number of nitrogens with zero attached hydrogens (tertiary/aromatic N) is 5. The summed E-state index contributed by atoms with van der Waals surface area (Å²) in [7, 11) is 3.84. The third kappa shape index (κ3) is 5.08. The molecule has 7 nitrogen and oxygen atoms in total. The molecule has 1 aromatic rings. The van der Waals surface area contributed by atoms with Crippen molar-refractivity contribution in [2.45, 2.75) is 44.8 Å². The molecule has 2 N–H and O–H groups in total. The lowest BCUT2D eigenvalue weighted by molar-refractivity contribution is 0.0572. The largest absolute Gasteiger partial charge is 0.388 e. The Labute approximate surface area is 149 Å². The number of nitrogens with one attached hydrogen (secondary N) is 1. The second-order valence-electron chi connectivity index (χ2n) is 5.76. The van der Waals surface area contributed by atoms with Crippen LogP contribution >= 0.6 is 24.0 Å². The summed E-state index contributed by atoms with van der Waals surface area (Å²) in [6.45, 7) is 3.91. The molecule has 1 fully saturated rings. The maximum Gasteiger partial charge on any atom is 0.194 e. The summed E-state index contributed by atoms with van der Waals surface area (Å²) in [6.07, 6.45) is 5.44. The normalized spacial score (nSPS) is 17.2. The fraction of sp³-hybridized carbons (Fsp3) is 0.786. The maximum atomic E-state index is 10.4. The first-order chi connectivity index (χ1) is 10.0. The zero-order chi connectivity index (χ0) is 15.3. The number of halogens is 1. The summed E-state index contributed by atoms with van der Waals surface area (Å²) in [5, 5.41) is 17.7. The number of aryl methyl sites for hydroxylation is 1. The van der Waals surface area contributed by atoms with E-state index in [1.807, 2.05) is 25.9 Å². The number of hydrogen-bond acceptors (Lipinski definition) is 4. The van der Waals surface area contributed by atoms with E-state index < -0.39 is 5.60 Å². The first-order valence-corrected chi connectivity index (χ1v) is 7.59. The lowest BCUT2D eigenvalue weighted by Crippen LogP contribution is -2.40. The fourth-order valence-corrected chi connectivity index (χ4v) is 2.63. The average Bonchev–Trinajstić information content (AvgIpc) is 3.05. The maximum absolute atomic E-state index is 10.4. The van der Waals surface area contributed by atoms with Gasteiger partial charge in [-0.2, -0.15) is 5.10 Å². The molecule has 8 heteroatoms. The average molecular weight is 422 g/mol. The summed E-state index contributed by atoms with van der Waals surface area (Å²) >= 11 is 0. The van der Waals surface area contributed by atoms with E-state index in [9.17, 15) is 5.11 Å². The highest BCUT2D eigenvalue weighted by Gasteiger charge is 2.31. The molecule has 2 rings (SSSR count). The Kier molecular flexibility index (Phi) is 7.54. The van der Waals surface area contributed by atoms with Gasteiger partial charge in [-0.1, -0.05) is 12.8 Å². The van der Waals surface area contributed by atoms with Gasteiger partial charge >= 0.3 is 0 Å². The second kappa shape index (κ2) is 8.66. The molecule has 1 saturated carbocycles. The molecule has 0 atom stereocenters. The van der Waals surface area contributed by atoms with Crippen LogP contribution < -0.4 is 5.32 Å². The van der Waals surface area contributed by atoms with Crippen molar-refractivity contribution in [3.05, 3.63) is 12.2 Å². The van der Waals surface area contributed by atoms with Crippen LogP contribution in [0.15, 0.2) is 11.3 Å². The molecule has 1 aliphatic rings. The van der Waals surface area contributed by atoms with E-state index in [0.29, 0.717) is 13.1 Å². The zero-order valence-electron chi connectivity index (χ0n) is 13.6. The Morgan fingerprint density at radius 1 is 1.50 bits per heavy atom. The van der Waals surface area contributed by atoms with Crippen LogP contribution in [0.25, 0.3) is 0 Å². The number of aromatic nitrogens is 3. The molecule has 1 aromatic heterocycles. The molecule has 1 aliphatic carbocycles. The molecule has 1 heterocycles. The molecule has 0 radical (unpaired) electrons. The van der Waals surface area contributed by atoms with Crippen LogP contribution in [0, 0.1) is 0 Å². The highest BCUT2D eigenvalue weighted by molar-refractivity contribution is 14.0. The predicted octanol–water partition coefficient (Wildman–Crippen LogP) is 1.14. The smallest absolute Gasteiger partial charge is 0.194 e. The predicted molar refractivity (Wildman–Crippen MR) is 97.3 cm³/mol. The first-order valence-electron chi connectivity index (χ1n) is 7.59. The van der Waals surface area contributed by atoms with Crippen LogP contribution in [0.3, 0.4) is 0 Å². The molecule has 0 aromatic carbocycles. The minimum Gasteiger partial charge on any atom is -0.388 e. The van der Waals surface area contributed by atoms with E-state index in [1.54, 1.807) is 11.0 Å². The van der Waals surface area contributed by atoms with Crippen molar-refractivity contribution in [1.82, 2.24) is 25.0 Å². The van der Waals surface area contributed by atoms with Gasteiger partial charge < -0.3 is 15.3 Å². The Balaban J connectivity index is 0.00000242. The first kappa shape index (κ1) is 19.1. The summed E-state index contributed by atoms with van der Waals surface area (Å²) in [5.41, 5.74) is -0.619. The van der Waals surface area contributed by atoms with Gasteiger partial charge in [0, 0.05) is 20.6 Å². The summed E-state index contributed by atoms with van der Waals surface area (Å²) < 4.78 is 1.75. The van der Waals surface area contributed by atoms with Crippen molar-refractivity contribution in [1.29, 1.82) is 0 Å². The minimum absolute atomic E-state index is 0. The van der Waals surface area contributed by atoms with Gasteiger partial charge in [0.05, 0.1) is 18.7 Å². The van der Waals surface area contributed by atoms with Gasteiger partial charge in [0.25, 0.3) is 0 Å². The van der Waals surface area contributed by atoms with Crippen molar-refractivity contribution < 1.29 is 5.11 Å². The highest BCUT2D eigenvalue weighted by atomic mass is 127. The number of rotatable bonds is 5. The van der Waals surface area contributed by atoms with Crippen LogP contribution in [0.4, 0.5) is 0 Å². The molecule has 0 unspecified atom stereocenters. The van der Waals surface area contributed by atoms with Crippen molar-refractivity contribution >= 4 is 29.9 Å². The van der Waals surface area contributed by atoms with Crippen LogP contribution in [-0.2, 0) is 13.6 Å². The second-order valence-corrected chi connectivity index (χ2v) is 5.76. The third-order valence-corrected chi connectivity index (χ3v) is 3.94. The van der Waals surface area contributed by atoms with Gasteiger partial charge in [0.15, 0.2) is 5.96 Å². The lowest BCUT2D eigenvalue weighted by atomic mass is 10.0. The zero-order valence-corrected chi connectivity index (χ0v) is 15.9. The van der Waals surface area contributed by atoms with Crippen LogP contribution in [0.1, 0.15) is 38.4 Å². The quantitative estimate of drug-likeness (QED) is 0.423. The molecular weight excluding hydrogens is 395 g/mol. The Bertz CT molecular complexity index is 483. The Hall–Kier alpha value is -0.900. The van der Waals surface area contributed by atoms with E-state index >= 15 is 0 Å². The van der Waals surface area contributed by atoms with E-state index in [-0.39, 0.29) is 24.0 Å². The van der Waals surface area contributed by atoms with Crippen LogP contribution in [0.5, 0.6) is 0 Å². The van der Waals surface area contributed by atoms with E-state index in [0.717, 1.165) is 44.0 Å². The van der Waals surface area contributed by atoms with Crippen LogP contribution in [-0.4, -0.2) is 56.5 Å². The van der Waals surface area contributed by atoms with Gasteiger partial charge in [-0.25, -0.2) is 4.98 Å². The number of hydrogen-bond donors (Lipinski definition) is 2. The summed E-state index contributed by atoms with van der Waals surface area (Å²) in [5.74, 6) is 1.67. The molecular formula is C14H27IN6O. The topological polar surface area (TPSA) is 78.6 Å². The monoisotopic (exact) mass is 422 g/mol. The van der Waals surface area contributed by atoms with Crippen LogP contribution in [0.2, 0.25) is 0 Å². The number of guanidine groups is 1. The molecule has 0 bridgehead atoms. The highest BCUT2D eigenvalue weighted by Crippen LogP contribution is 2.29. The van der Waals surface area contributed by atoms with Gasteiger partial charge in [-0.3, -0.25) is 9.67 Å². The minimum atomic E-state index is -0.619. The molecule has 126 valence electrons. The summed E-state index contributed by atoms with van der Waals surface area (Å²) in [6, 6.07) is 0. The third-order valence-electron chi connectivity index (χ3n) is 3.94. The van der Waals surface area contributed by atoms with Crippen molar-refractivity contribution in [2.75, 3.05) is 20.1 Å². The SMILES string of the molecule is CCNC(=NCC1(O)CCCC1)N(C)Cc1ncnn1C.I. The van der Waals surface area contributed by atoms with E-state index in [1.165, 1.54) is 0 Å². The van der Waals surface area contributed by atoms with Gasteiger partial charge in [-0.05, 0) is 19.8 Å². The van der Waals surface area contributed by atoms with E-state index in [4.69, 9.17) is 0 Å². The van der Waals surface area contributed by atoms with Crippen molar-refractivity contribution in [2.24, 2.45) is 12.0 Å². The van der Waals surface area contributed by atoms with E-state index in [2.05, 4.69) is 20.4 Å². The number of aliphatic imine (C=N–C) groups is 1. The molecule has 22 heavy (non-hydrogen) atoms. The molecule has 0 spiro atoms. The van der Waals surface area contributed by atoms with Gasteiger partial charge in [0.1, 0.15) is 12.2 Å². The van der Waals surface area contributed by atoms with Crippen molar-refractivity contribution in [3.63, 3.8) is 0 Å². The lowest BCUT2D eigenvalue weighted by Gasteiger charge is -2.24. The van der Waals surface area contributed by atoms with Gasteiger partial charge in [0.2, 0.25) is 0 Å². The summed E-state index contributed by atoms with van der Waals surface area (Å²) in [4.78, 5) is 10.8. The van der Waals surface area contributed by atoms with Crippen molar-refractivity contribution in [3.8, 4) is 0 Å². The molecule has 0 amide bonds. The number of aliphatic hydroxyl groups is 1. The Morgan fingerprint density at radius 3 is 2.73 bits per heavy atom. The fourth-order valence-electron chi connectivity index (χ4n) is 2.63. The molecule has 0 saturated heterocycles. The Morgan fingerprint density at radius 2 is 2.18 bits per heavy atom.